The SMILES string of the molecule is Cc1occc1-c1nc(N2CCC(CCN3CCOCC3)CC2)ncc1-c1cnccn1. The van der Waals surface area contributed by atoms with Crippen LogP contribution in [0.3, 0.4) is 0 Å². The molecule has 8 heteroatoms. The lowest BCUT2D eigenvalue weighted by molar-refractivity contribution is 0.0349. The normalized spacial score (nSPS) is 18.2. The molecule has 3 aromatic heterocycles. The van der Waals surface area contributed by atoms with Crippen LogP contribution in [0.5, 0.6) is 0 Å². The number of nitrogens with zero attached hydrogens (tertiary/aromatic N) is 6. The number of rotatable bonds is 6. The molecule has 0 unspecified atom stereocenters. The summed E-state index contributed by atoms with van der Waals surface area (Å²) in [6.07, 6.45) is 12.3. The van der Waals surface area contributed by atoms with Crippen molar-refractivity contribution >= 4 is 5.95 Å². The van der Waals surface area contributed by atoms with E-state index in [0.29, 0.717) is 0 Å². The predicted molar refractivity (Wildman–Crippen MR) is 122 cm³/mol. The fraction of sp³-hybridized carbons (Fsp3) is 0.500. The maximum absolute atomic E-state index is 5.56. The van der Waals surface area contributed by atoms with Crippen molar-refractivity contribution in [2.45, 2.75) is 26.2 Å². The van der Waals surface area contributed by atoms with Gasteiger partial charge in [0.2, 0.25) is 5.95 Å². The molecule has 2 saturated heterocycles. The van der Waals surface area contributed by atoms with Crippen LogP contribution in [0.4, 0.5) is 5.95 Å². The van der Waals surface area contributed by atoms with Gasteiger partial charge in [0.05, 0.1) is 37.1 Å². The molecule has 8 nitrogen and oxygen atoms in total. The van der Waals surface area contributed by atoms with Crippen LogP contribution in [-0.2, 0) is 4.74 Å². The first kappa shape index (κ1) is 21.0. The number of morpholine rings is 1. The van der Waals surface area contributed by atoms with Crippen LogP contribution in [0.25, 0.3) is 22.5 Å². The molecule has 0 bridgehead atoms. The molecule has 3 aromatic rings. The van der Waals surface area contributed by atoms with Crippen LogP contribution >= 0.6 is 0 Å². The van der Waals surface area contributed by atoms with Gasteiger partial charge in [0.25, 0.3) is 0 Å². The van der Waals surface area contributed by atoms with Gasteiger partial charge in [0.1, 0.15) is 5.76 Å². The Balaban J connectivity index is 1.30. The third-order valence-electron chi connectivity index (χ3n) is 6.58. The van der Waals surface area contributed by atoms with Gasteiger partial charge in [0.15, 0.2) is 0 Å². The highest BCUT2D eigenvalue weighted by atomic mass is 16.5. The first-order valence-corrected chi connectivity index (χ1v) is 11.5. The van der Waals surface area contributed by atoms with Crippen LogP contribution in [0, 0.1) is 12.8 Å². The van der Waals surface area contributed by atoms with Crippen molar-refractivity contribution < 1.29 is 9.15 Å². The van der Waals surface area contributed by atoms with Crippen LogP contribution < -0.4 is 4.90 Å². The average Bonchev–Trinajstić information content (AvgIpc) is 3.29. The molecule has 0 amide bonds. The number of aromatic nitrogens is 4. The summed E-state index contributed by atoms with van der Waals surface area (Å²) >= 11 is 0. The van der Waals surface area contributed by atoms with Crippen LogP contribution in [-0.4, -0.2) is 70.8 Å². The summed E-state index contributed by atoms with van der Waals surface area (Å²) in [5, 5.41) is 0. The molecular formula is C24H30N6O2. The van der Waals surface area contributed by atoms with Crippen molar-refractivity contribution in [2.75, 3.05) is 50.8 Å². The van der Waals surface area contributed by atoms with Crippen molar-refractivity contribution in [2.24, 2.45) is 5.92 Å². The minimum atomic E-state index is 0.761. The maximum Gasteiger partial charge on any atom is 0.225 e. The minimum Gasteiger partial charge on any atom is -0.469 e. The molecule has 2 fully saturated rings. The first-order valence-electron chi connectivity index (χ1n) is 11.5. The molecule has 5 rings (SSSR count). The zero-order valence-electron chi connectivity index (χ0n) is 18.6. The molecular weight excluding hydrogens is 404 g/mol. The molecule has 5 heterocycles. The zero-order valence-corrected chi connectivity index (χ0v) is 18.6. The molecule has 0 aromatic carbocycles. The Hall–Kier alpha value is -2.84. The maximum atomic E-state index is 5.56. The zero-order chi connectivity index (χ0) is 21.8. The smallest absolute Gasteiger partial charge is 0.225 e. The van der Waals surface area contributed by atoms with E-state index in [1.807, 2.05) is 19.2 Å². The van der Waals surface area contributed by atoms with E-state index in [2.05, 4.69) is 19.8 Å². The van der Waals surface area contributed by atoms with Gasteiger partial charge in [0, 0.05) is 55.9 Å². The van der Waals surface area contributed by atoms with Gasteiger partial charge in [-0.15, -0.1) is 0 Å². The second-order valence-corrected chi connectivity index (χ2v) is 8.59. The Morgan fingerprint density at radius 3 is 2.56 bits per heavy atom. The Kier molecular flexibility index (Phi) is 6.41. The lowest BCUT2D eigenvalue weighted by Gasteiger charge is -2.34. The number of furan rings is 1. The van der Waals surface area contributed by atoms with Crippen molar-refractivity contribution in [1.29, 1.82) is 0 Å². The molecule has 0 radical (unpaired) electrons. The summed E-state index contributed by atoms with van der Waals surface area (Å²) in [4.78, 5) is 23.2. The second-order valence-electron chi connectivity index (χ2n) is 8.59. The van der Waals surface area contributed by atoms with Gasteiger partial charge in [-0.3, -0.25) is 14.9 Å². The molecule has 2 aliphatic rings. The second kappa shape index (κ2) is 9.75. The molecule has 0 spiro atoms. The summed E-state index contributed by atoms with van der Waals surface area (Å²) in [5.74, 6) is 2.38. The number of hydrogen-bond acceptors (Lipinski definition) is 8. The van der Waals surface area contributed by atoms with E-state index < -0.39 is 0 Å². The Morgan fingerprint density at radius 2 is 1.84 bits per heavy atom. The Morgan fingerprint density at radius 1 is 1.00 bits per heavy atom. The summed E-state index contributed by atoms with van der Waals surface area (Å²) in [6.45, 7) is 9.00. The molecule has 2 aliphatic heterocycles. The van der Waals surface area contributed by atoms with Gasteiger partial charge in [-0.2, -0.15) is 0 Å². The van der Waals surface area contributed by atoms with E-state index in [1.54, 1.807) is 24.9 Å². The molecule has 0 N–H and O–H groups in total. The number of aryl methyl sites for hydroxylation is 1. The van der Waals surface area contributed by atoms with Crippen LogP contribution in [0.1, 0.15) is 25.0 Å². The largest absolute Gasteiger partial charge is 0.469 e. The van der Waals surface area contributed by atoms with Gasteiger partial charge < -0.3 is 14.1 Å². The number of hydrogen-bond donors (Lipinski definition) is 0. The summed E-state index contributed by atoms with van der Waals surface area (Å²) < 4.78 is 11.0. The van der Waals surface area contributed by atoms with Gasteiger partial charge in [-0.05, 0) is 44.7 Å². The van der Waals surface area contributed by atoms with Crippen molar-refractivity contribution in [3.05, 3.63) is 42.9 Å². The van der Waals surface area contributed by atoms with Gasteiger partial charge in [-0.25, -0.2) is 9.97 Å². The lowest BCUT2D eigenvalue weighted by Crippen LogP contribution is -2.39. The highest BCUT2D eigenvalue weighted by Gasteiger charge is 2.24. The molecule has 32 heavy (non-hydrogen) atoms. The fourth-order valence-corrected chi connectivity index (χ4v) is 4.60. The monoisotopic (exact) mass is 434 g/mol. The van der Waals surface area contributed by atoms with E-state index in [1.165, 1.54) is 25.8 Å². The summed E-state index contributed by atoms with van der Waals surface area (Å²) in [6, 6.07) is 1.96. The summed E-state index contributed by atoms with van der Waals surface area (Å²) in [5.41, 5.74) is 3.44. The third kappa shape index (κ3) is 4.66. The van der Waals surface area contributed by atoms with Crippen molar-refractivity contribution in [3.8, 4) is 22.5 Å². The summed E-state index contributed by atoms with van der Waals surface area (Å²) in [7, 11) is 0. The number of ether oxygens (including phenoxy) is 1. The first-order chi connectivity index (χ1) is 15.8. The van der Waals surface area contributed by atoms with Crippen molar-refractivity contribution in [1.82, 2.24) is 24.8 Å². The molecule has 0 atom stereocenters. The van der Waals surface area contributed by atoms with E-state index in [0.717, 1.165) is 79.5 Å². The Labute approximate surface area is 188 Å². The fourth-order valence-electron chi connectivity index (χ4n) is 4.60. The quantitative estimate of drug-likeness (QED) is 0.584. The highest BCUT2D eigenvalue weighted by molar-refractivity contribution is 5.79. The van der Waals surface area contributed by atoms with Crippen LogP contribution in [0.15, 0.2) is 41.5 Å². The molecule has 0 aliphatic carbocycles. The average molecular weight is 435 g/mol. The minimum absolute atomic E-state index is 0.761. The van der Waals surface area contributed by atoms with Gasteiger partial charge >= 0.3 is 0 Å². The van der Waals surface area contributed by atoms with Crippen LogP contribution in [0.2, 0.25) is 0 Å². The van der Waals surface area contributed by atoms with Crippen molar-refractivity contribution in [3.63, 3.8) is 0 Å². The highest BCUT2D eigenvalue weighted by Crippen LogP contribution is 2.33. The number of piperidine rings is 1. The van der Waals surface area contributed by atoms with E-state index >= 15 is 0 Å². The predicted octanol–water partition coefficient (Wildman–Crippen LogP) is 3.44. The third-order valence-corrected chi connectivity index (χ3v) is 6.58. The van der Waals surface area contributed by atoms with E-state index in [9.17, 15) is 0 Å². The number of anilines is 1. The molecule has 0 saturated carbocycles. The van der Waals surface area contributed by atoms with Gasteiger partial charge in [-0.1, -0.05) is 0 Å². The Bertz CT molecular complexity index is 1010. The standard InChI is InChI=1S/C24H30N6O2/c1-18-20(5-13-32-18)23-21(22-17-25-6-7-26-22)16-27-24(28-23)30-9-3-19(4-10-30)2-8-29-11-14-31-15-12-29/h5-7,13,16-17,19H,2-4,8-12,14-15H2,1H3. The van der Waals surface area contributed by atoms with E-state index in [4.69, 9.17) is 19.1 Å². The lowest BCUT2D eigenvalue weighted by atomic mass is 9.93. The van der Waals surface area contributed by atoms with E-state index in [-0.39, 0.29) is 0 Å². The topological polar surface area (TPSA) is 80.4 Å². The molecule has 168 valence electrons.